The molecule has 1 aliphatic heterocycles. The third-order valence-electron chi connectivity index (χ3n) is 7.62. The van der Waals surface area contributed by atoms with Crippen molar-refractivity contribution in [2.75, 3.05) is 6.66 Å². The molecule has 1 unspecified atom stereocenters. The Bertz CT molecular complexity index is 1850. The molecule has 1 heterocycles. The monoisotopic (exact) mass is 492 g/mol. The molecule has 0 amide bonds. The fourth-order valence-corrected chi connectivity index (χ4v) is 8.47. The lowest BCUT2D eigenvalue weighted by Gasteiger charge is -2.19. The summed E-state index contributed by atoms with van der Waals surface area (Å²) in [6.07, 6.45) is 0. The molecule has 0 aliphatic carbocycles. The summed E-state index contributed by atoms with van der Waals surface area (Å²) in [6.45, 7) is 1.93. The van der Waals surface area contributed by atoms with Gasteiger partial charge in [0.25, 0.3) is 0 Å². The molecule has 1 aliphatic rings. The molecule has 0 saturated heterocycles. The van der Waals surface area contributed by atoms with Gasteiger partial charge in [0, 0.05) is 10.6 Å². The van der Waals surface area contributed by atoms with Crippen LogP contribution in [0.15, 0.2) is 133 Å². The summed E-state index contributed by atoms with van der Waals surface area (Å²) < 4.78 is 14.4. The summed E-state index contributed by atoms with van der Waals surface area (Å²) in [4.78, 5) is 0. The van der Waals surface area contributed by atoms with Gasteiger partial charge in [0.1, 0.15) is 7.14 Å². The highest BCUT2D eigenvalue weighted by atomic mass is 31.2. The van der Waals surface area contributed by atoms with E-state index in [1.165, 1.54) is 27.5 Å². The summed E-state index contributed by atoms with van der Waals surface area (Å²) in [6, 6.07) is 46.8. The van der Waals surface area contributed by atoms with Crippen molar-refractivity contribution in [3.63, 3.8) is 0 Å². The first-order valence-corrected chi connectivity index (χ1v) is 14.8. The van der Waals surface area contributed by atoms with Crippen molar-refractivity contribution < 1.29 is 4.57 Å². The molecule has 1 nitrogen and oxygen atoms in total. The van der Waals surface area contributed by atoms with Crippen LogP contribution in [0.1, 0.15) is 0 Å². The van der Waals surface area contributed by atoms with E-state index in [0.29, 0.717) is 0 Å². The zero-order valence-corrected chi connectivity index (χ0v) is 21.5. The van der Waals surface area contributed by atoms with E-state index in [1.807, 2.05) is 30.9 Å². The SMILES string of the molecule is CP1(=O)c2ccccc2-c2cccc(-c3ccc4ccccc4c3-c3ccc(-c4ccccc4)cc3)c21. The molecule has 0 N–H and O–H groups in total. The number of hydrogen-bond acceptors (Lipinski definition) is 1. The van der Waals surface area contributed by atoms with Crippen molar-refractivity contribution in [2.45, 2.75) is 0 Å². The zero-order chi connectivity index (χ0) is 25.0. The molecule has 37 heavy (non-hydrogen) atoms. The molecule has 0 spiro atoms. The van der Waals surface area contributed by atoms with Gasteiger partial charge in [0.05, 0.1) is 0 Å². The zero-order valence-electron chi connectivity index (χ0n) is 20.6. The molecular formula is C35H25OP. The fourth-order valence-electron chi connectivity index (χ4n) is 5.90. The van der Waals surface area contributed by atoms with Crippen molar-refractivity contribution >= 4 is 28.5 Å². The summed E-state index contributed by atoms with van der Waals surface area (Å²) in [5, 5.41) is 4.34. The Morgan fingerprint density at radius 2 is 1.05 bits per heavy atom. The number of fused-ring (bicyclic) bond motifs is 4. The summed E-state index contributed by atoms with van der Waals surface area (Å²) in [5.41, 5.74) is 9.12. The van der Waals surface area contributed by atoms with Crippen LogP contribution in [-0.2, 0) is 4.57 Å². The molecule has 2 heteroatoms. The third-order valence-corrected chi connectivity index (χ3v) is 10.3. The first-order valence-electron chi connectivity index (χ1n) is 12.6. The van der Waals surface area contributed by atoms with E-state index in [2.05, 4.69) is 109 Å². The van der Waals surface area contributed by atoms with Crippen LogP contribution in [0.4, 0.5) is 0 Å². The highest BCUT2D eigenvalue weighted by molar-refractivity contribution is 7.79. The molecular weight excluding hydrogens is 467 g/mol. The van der Waals surface area contributed by atoms with Gasteiger partial charge in [-0.05, 0) is 61.9 Å². The maximum absolute atomic E-state index is 14.4. The molecule has 6 aromatic rings. The lowest BCUT2D eigenvalue weighted by molar-refractivity contribution is 0.591. The standard InChI is InChI=1S/C35H25OP/c1-37(36)33-17-8-7-14-29(33)31-15-9-16-32(35(31)37)30-23-22-26-12-5-6-13-28(26)34(30)27-20-18-25(19-21-27)24-10-3-2-4-11-24/h2-23H,1H3. The second-order valence-corrected chi connectivity index (χ2v) is 12.6. The highest BCUT2D eigenvalue weighted by Gasteiger charge is 2.37. The van der Waals surface area contributed by atoms with Crippen LogP contribution < -0.4 is 10.6 Å². The minimum Gasteiger partial charge on any atom is -0.314 e. The van der Waals surface area contributed by atoms with E-state index in [1.54, 1.807) is 0 Å². The molecule has 0 aromatic heterocycles. The Hall–Kier alpha value is -4.19. The molecule has 0 radical (unpaired) electrons. The number of benzene rings is 6. The van der Waals surface area contributed by atoms with Crippen LogP contribution in [0.25, 0.3) is 55.3 Å². The fraction of sp³-hybridized carbons (Fsp3) is 0.0286. The van der Waals surface area contributed by atoms with Gasteiger partial charge >= 0.3 is 0 Å². The summed E-state index contributed by atoms with van der Waals surface area (Å²) in [7, 11) is -2.75. The van der Waals surface area contributed by atoms with E-state index in [9.17, 15) is 4.57 Å². The molecule has 1 atom stereocenters. The maximum Gasteiger partial charge on any atom is 0.142 e. The van der Waals surface area contributed by atoms with Gasteiger partial charge in [0.2, 0.25) is 0 Å². The van der Waals surface area contributed by atoms with E-state index < -0.39 is 7.14 Å². The molecule has 6 aromatic carbocycles. The second kappa shape index (κ2) is 8.44. The van der Waals surface area contributed by atoms with Gasteiger partial charge in [-0.15, -0.1) is 0 Å². The van der Waals surface area contributed by atoms with Gasteiger partial charge in [0.15, 0.2) is 0 Å². The molecule has 0 bridgehead atoms. The molecule has 176 valence electrons. The van der Waals surface area contributed by atoms with E-state index >= 15 is 0 Å². The average Bonchev–Trinajstić information content (AvgIpc) is 3.20. The minimum atomic E-state index is -2.75. The first-order chi connectivity index (χ1) is 18.1. The van der Waals surface area contributed by atoms with Crippen LogP contribution in [0.2, 0.25) is 0 Å². The number of rotatable bonds is 3. The van der Waals surface area contributed by atoms with Crippen LogP contribution in [-0.4, -0.2) is 6.66 Å². The van der Waals surface area contributed by atoms with Crippen molar-refractivity contribution in [1.29, 1.82) is 0 Å². The Balaban J connectivity index is 1.49. The van der Waals surface area contributed by atoms with Crippen molar-refractivity contribution in [2.24, 2.45) is 0 Å². The van der Waals surface area contributed by atoms with Gasteiger partial charge in [-0.25, -0.2) is 0 Å². The van der Waals surface area contributed by atoms with Gasteiger partial charge in [-0.1, -0.05) is 133 Å². The quantitative estimate of drug-likeness (QED) is 0.226. The summed E-state index contributed by atoms with van der Waals surface area (Å²) in [5.74, 6) is 0. The predicted octanol–water partition coefficient (Wildman–Crippen LogP) is 8.76. The average molecular weight is 493 g/mol. The third kappa shape index (κ3) is 3.43. The summed E-state index contributed by atoms with van der Waals surface area (Å²) >= 11 is 0. The Kier molecular flexibility index (Phi) is 5.03. The molecule has 0 saturated carbocycles. The van der Waals surface area contributed by atoms with Crippen LogP contribution in [0.5, 0.6) is 0 Å². The van der Waals surface area contributed by atoms with Gasteiger partial charge in [-0.3, -0.25) is 0 Å². The minimum absolute atomic E-state index is 0.965. The topological polar surface area (TPSA) is 17.1 Å². The van der Waals surface area contributed by atoms with E-state index in [-0.39, 0.29) is 0 Å². The lowest BCUT2D eigenvalue weighted by atomic mass is 9.88. The Morgan fingerprint density at radius 1 is 0.459 bits per heavy atom. The smallest absolute Gasteiger partial charge is 0.142 e. The predicted molar refractivity (Wildman–Crippen MR) is 158 cm³/mol. The van der Waals surface area contributed by atoms with Crippen molar-refractivity contribution in [3.05, 3.63) is 133 Å². The van der Waals surface area contributed by atoms with Gasteiger partial charge < -0.3 is 4.57 Å². The van der Waals surface area contributed by atoms with Crippen molar-refractivity contribution in [1.82, 2.24) is 0 Å². The largest absolute Gasteiger partial charge is 0.314 e. The molecule has 7 rings (SSSR count). The lowest BCUT2D eigenvalue weighted by Crippen LogP contribution is -2.11. The Morgan fingerprint density at radius 3 is 1.86 bits per heavy atom. The van der Waals surface area contributed by atoms with Gasteiger partial charge in [-0.2, -0.15) is 0 Å². The van der Waals surface area contributed by atoms with Crippen LogP contribution in [0.3, 0.4) is 0 Å². The van der Waals surface area contributed by atoms with E-state index in [4.69, 9.17) is 0 Å². The normalized spacial score (nSPS) is 15.9. The van der Waals surface area contributed by atoms with E-state index in [0.717, 1.165) is 38.4 Å². The number of hydrogen-bond donors (Lipinski definition) is 0. The van der Waals surface area contributed by atoms with Crippen LogP contribution >= 0.6 is 7.14 Å². The highest BCUT2D eigenvalue weighted by Crippen LogP contribution is 2.53. The van der Waals surface area contributed by atoms with Crippen LogP contribution in [0, 0.1) is 0 Å². The Labute approximate surface area is 217 Å². The second-order valence-electron chi connectivity index (χ2n) is 9.80. The first kappa shape index (κ1) is 22.0. The molecule has 0 fully saturated rings. The maximum atomic E-state index is 14.4. The van der Waals surface area contributed by atoms with Crippen molar-refractivity contribution in [3.8, 4) is 44.5 Å².